The molecule has 3 nitrogen and oxygen atoms in total. The van der Waals surface area contributed by atoms with Gasteiger partial charge in [0, 0.05) is 25.0 Å². The van der Waals surface area contributed by atoms with E-state index in [-0.39, 0.29) is 5.78 Å². The molecule has 0 aliphatic rings. The minimum atomic E-state index is 0.198. The van der Waals surface area contributed by atoms with E-state index in [0.29, 0.717) is 6.42 Å². The Morgan fingerprint density at radius 2 is 2.27 bits per heavy atom. The van der Waals surface area contributed by atoms with Crippen LogP contribution in [-0.4, -0.2) is 15.2 Å². The van der Waals surface area contributed by atoms with Gasteiger partial charge >= 0.3 is 0 Å². The van der Waals surface area contributed by atoms with Crippen molar-refractivity contribution >= 4 is 11.4 Å². The molecule has 78 valence electrons. The summed E-state index contributed by atoms with van der Waals surface area (Å²) in [5.74, 6) is 0.198. The van der Waals surface area contributed by atoms with E-state index in [2.05, 4.69) is 18.0 Å². The molecule has 2 heterocycles. The third kappa shape index (κ3) is 1.91. The summed E-state index contributed by atoms with van der Waals surface area (Å²) >= 11 is 0. The van der Waals surface area contributed by atoms with Gasteiger partial charge < -0.3 is 4.40 Å². The van der Waals surface area contributed by atoms with Crippen molar-refractivity contribution < 1.29 is 4.79 Å². The van der Waals surface area contributed by atoms with Gasteiger partial charge in [0.1, 0.15) is 11.4 Å². The van der Waals surface area contributed by atoms with Crippen molar-refractivity contribution in [3.8, 4) is 0 Å². The average molecular weight is 202 g/mol. The molecule has 0 unspecified atom stereocenters. The van der Waals surface area contributed by atoms with Gasteiger partial charge in [-0.2, -0.15) is 0 Å². The number of pyridine rings is 1. The number of hydrogen-bond acceptors (Lipinski definition) is 2. The Balaban J connectivity index is 2.54. The Kier molecular flexibility index (Phi) is 2.54. The van der Waals surface area contributed by atoms with Crippen LogP contribution >= 0.6 is 0 Å². The third-order valence-electron chi connectivity index (χ3n) is 2.53. The van der Waals surface area contributed by atoms with Crippen molar-refractivity contribution in [2.75, 3.05) is 0 Å². The summed E-state index contributed by atoms with van der Waals surface area (Å²) in [7, 11) is 0. The monoisotopic (exact) mass is 202 g/mol. The summed E-state index contributed by atoms with van der Waals surface area (Å²) in [6.07, 6.45) is 7.12. The van der Waals surface area contributed by atoms with Gasteiger partial charge in [0.2, 0.25) is 0 Å². The molecule has 2 aromatic heterocycles. The Bertz CT molecular complexity index is 499. The molecule has 0 aliphatic heterocycles. The summed E-state index contributed by atoms with van der Waals surface area (Å²) in [5, 5.41) is 0. The van der Waals surface area contributed by atoms with Gasteiger partial charge in [-0.25, -0.2) is 4.98 Å². The van der Waals surface area contributed by atoms with E-state index < -0.39 is 0 Å². The highest BCUT2D eigenvalue weighted by molar-refractivity contribution is 5.78. The van der Waals surface area contributed by atoms with Crippen molar-refractivity contribution in [2.24, 2.45) is 0 Å². The molecule has 0 aromatic carbocycles. The van der Waals surface area contributed by atoms with Gasteiger partial charge in [0.25, 0.3) is 0 Å². The topological polar surface area (TPSA) is 34.4 Å². The molecule has 0 bridgehead atoms. The largest absolute Gasteiger partial charge is 0.307 e. The second-order valence-electron chi connectivity index (χ2n) is 3.75. The number of carbonyl (C=O) groups excluding carboxylic acids is 1. The average Bonchev–Trinajstić information content (AvgIpc) is 2.62. The molecule has 15 heavy (non-hydrogen) atoms. The maximum Gasteiger partial charge on any atom is 0.136 e. The molecular weight excluding hydrogens is 188 g/mol. The lowest BCUT2D eigenvalue weighted by Gasteiger charge is -2.07. The van der Waals surface area contributed by atoms with Gasteiger partial charge in [-0.1, -0.05) is 6.92 Å². The summed E-state index contributed by atoms with van der Waals surface area (Å²) in [6.45, 7) is 3.72. The van der Waals surface area contributed by atoms with Crippen LogP contribution in [0.25, 0.3) is 5.65 Å². The minimum Gasteiger partial charge on any atom is -0.307 e. The SMILES string of the molecule is CCc1cc2nccn2cc1CC(C)=O. The maximum atomic E-state index is 11.1. The molecule has 0 aliphatic carbocycles. The first-order chi connectivity index (χ1) is 7.20. The number of Topliss-reactive ketones (excluding diaryl/α,β-unsaturated/α-hetero) is 1. The van der Waals surface area contributed by atoms with Crippen LogP contribution < -0.4 is 0 Å². The second-order valence-corrected chi connectivity index (χ2v) is 3.75. The molecule has 2 rings (SSSR count). The molecule has 0 amide bonds. The van der Waals surface area contributed by atoms with Gasteiger partial charge in [0.15, 0.2) is 0 Å². The molecule has 0 saturated heterocycles. The number of aromatic nitrogens is 2. The standard InChI is InChI=1S/C12H14N2O/c1-3-10-7-12-13-4-5-14(12)8-11(10)6-9(2)15/h4-5,7-8H,3,6H2,1-2H3. The van der Waals surface area contributed by atoms with E-state index in [1.54, 1.807) is 13.1 Å². The van der Waals surface area contributed by atoms with Crippen LogP contribution in [0.2, 0.25) is 0 Å². The predicted molar refractivity (Wildman–Crippen MR) is 59.0 cm³/mol. The lowest BCUT2D eigenvalue weighted by molar-refractivity contribution is -0.116. The minimum absolute atomic E-state index is 0.198. The molecule has 0 spiro atoms. The quantitative estimate of drug-likeness (QED) is 0.763. The number of imidazole rings is 1. The zero-order chi connectivity index (χ0) is 10.8. The van der Waals surface area contributed by atoms with Gasteiger partial charge in [-0.05, 0) is 30.5 Å². The first kappa shape index (κ1) is 9.90. The lowest BCUT2D eigenvalue weighted by Crippen LogP contribution is -2.02. The van der Waals surface area contributed by atoms with E-state index in [4.69, 9.17) is 0 Å². The van der Waals surface area contributed by atoms with Crippen LogP contribution in [0.3, 0.4) is 0 Å². The highest BCUT2D eigenvalue weighted by Gasteiger charge is 2.06. The first-order valence-electron chi connectivity index (χ1n) is 5.14. The molecule has 0 saturated carbocycles. The van der Waals surface area contributed by atoms with Crippen molar-refractivity contribution in [1.82, 2.24) is 9.38 Å². The molecule has 0 fully saturated rings. The van der Waals surface area contributed by atoms with Crippen molar-refractivity contribution in [3.63, 3.8) is 0 Å². The normalized spacial score (nSPS) is 10.8. The summed E-state index contributed by atoms with van der Waals surface area (Å²) in [5.41, 5.74) is 3.26. The van der Waals surface area contributed by atoms with Crippen molar-refractivity contribution in [3.05, 3.63) is 35.8 Å². The van der Waals surface area contributed by atoms with Crippen LogP contribution in [0.15, 0.2) is 24.7 Å². The van der Waals surface area contributed by atoms with E-state index in [1.807, 2.05) is 16.8 Å². The number of nitrogens with zero attached hydrogens (tertiary/aromatic N) is 2. The molecular formula is C12H14N2O. The molecule has 0 atom stereocenters. The Morgan fingerprint density at radius 3 is 2.93 bits per heavy atom. The van der Waals surface area contributed by atoms with Crippen LogP contribution in [-0.2, 0) is 17.6 Å². The number of hydrogen-bond donors (Lipinski definition) is 0. The fourth-order valence-electron chi connectivity index (χ4n) is 1.80. The summed E-state index contributed by atoms with van der Waals surface area (Å²) in [6, 6.07) is 2.05. The highest BCUT2D eigenvalue weighted by Crippen LogP contribution is 2.14. The zero-order valence-corrected chi connectivity index (χ0v) is 9.03. The van der Waals surface area contributed by atoms with E-state index in [9.17, 15) is 4.79 Å². The first-order valence-corrected chi connectivity index (χ1v) is 5.14. The van der Waals surface area contributed by atoms with E-state index in [1.165, 1.54) is 5.56 Å². The number of rotatable bonds is 3. The lowest BCUT2D eigenvalue weighted by atomic mass is 10.0. The fraction of sp³-hybridized carbons (Fsp3) is 0.333. The van der Waals surface area contributed by atoms with Gasteiger partial charge in [0.05, 0.1) is 0 Å². The van der Waals surface area contributed by atoms with Gasteiger partial charge in [-0.15, -0.1) is 0 Å². The Hall–Kier alpha value is -1.64. The smallest absolute Gasteiger partial charge is 0.136 e. The molecule has 3 heteroatoms. The van der Waals surface area contributed by atoms with Crippen LogP contribution in [0.5, 0.6) is 0 Å². The van der Waals surface area contributed by atoms with Crippen LogP contribution in [0.1, 0.15) is 25.0 Å². The third-order valence-corrected chi connectivity index (χ3v) is 2.53. The van der Waals surface area contributed by atoms with Crippen LogP contribution in [0, 0.1) is 0 Å². The number of fused-ring (bicyclic) bond motifs is 1. The van der Waals surface area contributed by atoms with E-state index in [0.717, 1.165) is 17.6 Å². The molecule has 2 aromatic rings. The molecule has 0 radical (unpaired) electrons. The summed E-state index contributed by atoms with van der Waals surface area (Å²) < 4.78 is 1.96. The number of aryl methyl sites for hydroxylation is 1. The maximum absolute atomic E-state index is 11.1. The van der Waals surface area contributed by atoms with Gasteiger partial charge in [-0.3, -0.25) is 4.79 Å². The zero-order valence-electron chi connectivity index (χ0n) is 9.03. The Labute approximate surface area is 88.8 Å². The van der Waals surface area contributed by atoms with E-state index >= 15 is 0 Å². The second kappa shape index (κ2) is 3.85. The van der Waals surface area contributed by atoms with Crippen LogP contribution in [0.4, 0.5) is 0 Å². The fourth-order valence-corrected chi connectivity index (χ4v) is 1.80. The number of carbonyl (C=O) groups is 1. The predicted octanol–water partition coefficient (Wildman–Crippen LogP) is 2.03. The summed E-state index contributed by atoms with van der Waals surface area (Å²) in [4.78, 5) is 15.4. The number of ketones is 1. The van der Waals surface area contributed by atoms with Crippen molar-refractivity contribution in [1.29, 1.82) is 0 Å². The Morgan fingerprint density at radius 1 is 1.47 bits per heavy atom. The highest BCUT2D eigenvalue weighted by atomic mass is 16.1. The van der Waals surface area contributed by atoms with Crippen molar-refractivity contribution in [2.45, 2.75) is 26.7 Å². The molecule has 0 N–H and O–H groups in total.